The van der Waals surface area contributed by atoms with Crippen molar-refractivity contribution in [2.75, 3.05) is 44.0 Å². The van der Waals surface area contributed by atoms with Gasteiger partial charge >= 0.3 is 6.03 Å². The molecule has 0 unspecified atom stereocenters. The summed E-state index contributed by atoms with van der Waals surface area (Å²) < 4.78 is 12.4. The lowest BCUT2D eigenvalue weighted by atomic mass is 10.0. The maximum Gasteiger partial charge on any atom is 0.323 e. The molecule has 0 fully saturated rings. The number of carbonyl (C=O) groups is 2. The van der Waals surface area contributed by atoms with Crippen LogP contribution in [0.5, 0.6) is 5.75 Å². The fraction of sp³-hybridized carbons (Fsp3) is 0.517. The van der Waals surface area contributed by atoms with E-state index in [9.17, 15) is 14.7 Å². The number of hydrogen-bond donors (Lipinski definition) is 4. The summed E-state index contributed by atoms with van der Waals surface area (Å²) in [6.45, 7) is 7.39. The molecule has 9 heteroatoms. The Morgan fingerprint density at radius 3 is 2.55 bits per heavy atom. The van der Waals surface area contributed by atoms with E-state index in [1.165, 1.54) is 0 Å². The average molecular weight is 527 g/mol. The van der Waals surface area contributed by atoms with Crippen molar-refractivity contribution in [2.45, 2.75) is 58.3 Å². The van der Waals surface area contributed by atoms with E-state index in [4.69, 9.17) is 9.47 Å². The maximum absolute atomic E-state index is 14.0. The van der Waals surface area contributed by atoms with Crippen molar-refractivity contribution >= 4 is 23.3 Å². The molecule has 4 N–H and O–H groups in total. The van der Waals surface area contributed by atoms with Crippen LogP contribution in [0.25, 0.3) is 0 Å². The summed E-state index contributed by atoms with van der Waals surface area (Å²) in [7, 11) is 1.89. The molecular weight excluding hydrogens is 484 g/mol. The Hall–Kier alpha value is -3.14. The molecule has 2 aromatic carbocycles. The molecule has 38 heavy (non-hydrogen) atoms. The number of hydrogen-bond acceptors (Lipinski definition) is 6. The molecular formula is C29H42N4O5. The van der Waals surface area contributed by atoms with Crippen LogP contribution in [-0.4, -0.2) is 73.5 Å². The third kappa shape index (κ3) is 8.44. The first-order valence-corrected chi connectivity index (χ1v) is 13.4. The zero-order chi connectivity index (χ0) is 27.5. The number of ether oxygens (including phenoxy) is 2. The molecule has 0 saturated carbocycles. The van der Waals surface area contributed by atoms with Gasteiger partial charge in [0, 0.05) is 37.0 Å². The number of fused-ring (bicyclic) bond motifs is 1. The van der Waals surface area contributed by atoms with Gasteiger partial charge < -0.3 is 35.4 Å². The Balaban J connectivity index is 1.93. The minimum atomic E-state index is -0.420. The van der Waals surface area contributed by atoms with Gasteiger partial charge in [0.2, 0.25) is 0 Å². The highest BCUT2D eigenvalue weighted by molar-refractivity contribution is 6.02. The van der Waals surface area contributed by atoms with Gasteiger partial charge in [-0.15, -0.1) is 0 Å². The number of nitrogens with one attached hydrogen (secondary N) is 3. The van der Waals surface area contributed by atoms with Crippen molar-refractivity contribution in [3.05, 3.63) is 54.1 Å². The molecule has 3 amide bonds. The Labute approximate surface area is 225 Å². The van der Waals surface area contributed by atoms with Gasteiger partial charge in [0.15, 0.2) is 0 Å². The van der Waals surface area contributed by atoms with Crippen molar-refractivity contribution in [2.24, 2.45) is 5.92 Å². The molecule has 1 aliphatic heterocycles. The monoisotopic (exact) mass is 526 g/mol. The first-order valence-electron chi connectivity index (χ1n) is 13.4. The van der Waals surface area contributed by atoms with E-state index < -0.39 is 12.1 Å². The highest BCUT2D eigenvalue weighted by atomic mass is 16.5. The predicted octanol–water partition coefficient (Wildman–Crippen LogP) is 4.35. The van der Waals surface area contributed by atoms with Gasteiger partial charge in [-0.3, -0.25) is 4.79 Å². The molecule has 4 atom stereocenters. The molecule has 1 heterocycles. The van der Waals surface area contributed by atoms with Gasteiger partial charge in [0.1, 0.15) is 5.75 Å². The Bertz CT molecular complexity index is 1030. The van der Waals surface area contributed by atoms with Crippen LogP contribution in [0.2, 0.25) is 0 Å². The standard InChI is InChI=1S/C29H42N4O5/c1-20-18-33(21(2)19-34)28(35)25-16-24(32-29(36)31-23-11-6-5-7-12-23)13-14-26(25)38-22(3)10-8-9-15-37-27(20)17-30-4/h5-7,11-14,16,20-22,27,30,34H,8-10,15,17-19H2,1-4H3,(H2,31,32,36)/t20-,21-,22+,27-/m1/s1. The highest BCUT2D eigenvalue weighted by Crippen LogP contribution is 2.28. The molecule has 3 rings (SSSR count). The van der Waals surface area contributed by atoms with Crippen molar-refractivity contribution in [1.29, 1.82) is 0 Å². The number of carbonyl (C=O) groups excluding carboxylic acids is 2. The second kappa shape index (κ2) is 14.7. The maximum atomic E-state index is 14.0. The van der Waals surface area contributed by atoms with Gasteiger partial charge in [-0.1, -0.05) is 25.1 Å². The number of nitrogens with zero attached hydrogens (tertiary/aromatic N) is 1. The number of likely N-dealkylation sites (N-methyl/N-ethyl adjacent to an activating group) is 1. The van der Waals surface area contributed by atoms with E-state index in [0.717, 1.165) is 19.3 Å². The largest absolute Gasteiger partial charge is 0.490 e. The summed E-state index contributed by atoms with van der Waals surface area (Å²) in [5, 5.41) is 18.8. The number of anilines is 2. The van der Waals surface area contributed by atoms with E-state index >= 15 is 0 Å². The molecule has 208 valence electrons. The lowest BCUT2D eigenvalue weighted by molar-refractivity contribution is -0.000450. The van der Waals surface area contributed by atoms with Crippen LogP contribution in [0.3, 0.4) is 0 Å². The quantitative estimate of drug-likeness (QED) is 0.445. The number of urea groups is 1. The van der Waals surface area contributed by atoms with Crippen molar-refractivity contribution in [3.8, 4) is 5.75 Å². The van der Waals surface area contributed by atoms with Crippen molar-refractivity contribution in [3.63, 3.8) is 0 Å². The minimum absolute atomic E-state index is 0.0181. The molecule has 2 aromatic rings. The summed E-state index contributed by atoms with van der Waals surface area (Å²) in [4.78, 5) is 28.3. The van der Waals surface area contributed by atoms with E-state index in [0.29, 0.717) is 42.4 Å². The summed E-state index contributed by atoms with van der Waals surface area (Å²) in [5.41, 5.74) is 1.46. The number of aliphatic hydroxyl groups is 1. The van der Waals surface area contributed by atoms with Gasteiger partial charge in [0.05, 0.1) is 30.4 Å². The molecule has 0 aromatic heterocycles. The van der Waals surface area contributed by atoms with Crippen LogP contribution in [0, 0.1) is 5.92 Å². The number of amides is 3. The lowest BCUT2D eigenvalue weighted by Crippen LogP contribution is -2.47. The fourth-order valence-electron chi connectivity index (χ4n) is 4.51. The minimum Gasteiger partial charge on any atom is -0.490 e. The second-order valence-corrected chi connectivity index (χ2v) is 10.0. The Morgan fingerprint density at radius 1 is 1.11 bits per heavy atom. The SMILES string of the molecule is CNC[C@H]1OCCCC[C@H](C)Oc2ccc(NC(=O)Nc3ccccc3)cc2C(=O)N([C@H](C)CO)C[C@H]1C. The first-order chi connectivity index (χ1) is 18.3. The molecule has 1 aliphatic rings. The lowest BCUT2D eigenvalue weighted by Gasteiger charge is -2.34. The van der Waals surface area contributed by atoms with Gasteiger partial charge in [-0.25, -0.2) is 4.79 Å². The zero-order valence-electron chi connectivity index (χ0n) is 22.9. The summed E-state index contributed by atoms with van der Waals surface area (Å²) in [5.74, 6) is 0.206. The molecule has 9 nitrogen and oxygen atoms in total. The van der Waals surface area contributed by atoms with E-state index in [2.05, 4.69) is 22.9 Å². The van der Waals surface area contributed by atoms with Crippen molar-refractivity contribution in [1.82, 2.24) is 10.2 Å². The van der Waals surface area contributed by atoms with Gasteiger partial charge in [-0.2, -0.15) is 0 Å². The zero-order valence-corrected chi connectivity index (χ0v) is 22.9. The summed E-state index contributed by atoms with van der Waals surface area (Å²) >= 11 is 0. The molecule has 0 aliphatic carbocycles. The van der Waals surface area contributed by atoms with Gasteiger partial charge in [-0.05, 0) is 70.5 Å². The third-order valence-corrected chi connectivity index (χ3v) is 6.75. The molecule has 0 radical (unpaired) electrons. The van der Waals surface area contributed by atoms with Gasteiger partial charge in [0.25, 0.3) is 5.91 Å². The molecule has 0 spiro atoms. The molecule has 0 bridgehead atoms. The summed E-state index contributed by atoms with van der Waals surface area (Å²) in [6, 6.07) is 13.4. The number of rotatable bonds is 6. The Morgan fingerprint density at radius 2 is 1.84 bits per heavy atom. The fourth-order valence-corrected chi connectivity index (χ4v) is 4.51. The average Bonchev–Trinajstić information content (AvgIpc) is 2.90. The van der Waals surface area contributed by atoms with Crippen LogP contribution < -0.4 is 20.7 Å². The third-order valence-electron chi connectivity index (χ3n) is 6.75. The van der Waals surface area contributed by atoms with E-state index in [-0.39, 0.29) is 30.6 Å². The van der Waals surface area contributed by atoms with E-state index in [1.54, 1.807) is 35.2 Å². The number of aliphatic hydroxyl groups excluding tert-OH is 1. The Kier molecular flexibility index (Phi) is 11.4. The normalized spacial score (nSPS) is 22.0. The molecule has 0 saturated heterocycles. The van der Waals surface area contributed by atoms with Crippen molar-refractivity contribution < 1.29 is 24.2 Å². The van der Waals surface area contributed by atoms with Crippen LogP contribution in [0.1, 0.15) is 50.4 Å². The van der Waals surface area contributed by atoms with Crippen LogP contribution in [0.15, 0.2) is 48.5 Å². The predicted molar refractivity (Wildman–Crippen MR) is 150 cm³/mol. The van der Waals surface area contributed by atoms with E-state index in [1.807, 2.05) is 39.1 Å². The summed E-state index contributed by atoms with van der Waals surface area (Å²) in [6.07, 6.45) is 2.49. The smallest absolute Gasteiger partial charge is 0.323 e. The highest BCUT2D eigenvalue weighted by Gasteiger charge is 2.29. The number of benzene rings is 2. The number of para-hydroxylation sites is 1. The topological polar surface area (TPSA) is 112 Å². The second-order valence-electron chi connectivity index (χ2n) is 10.0. The van der Waals surface area contributed by atoms with Crippen LogP contribution in [-0.2, 0) is 4.74 Å². The van der Waals surface area contributed by atoms with Crippen LogP contribution in [0.4, 0.5) is 16.2 Å². The first kappa shape index (κ1) is 29.4. The van der Waals surface area contributed by atoms with Crippen LogP contribution >= 0.6 is 0 Å².